The molecule has 9 heteroatoms. The number of benzene rings is 1. The molecule has 6 N–H and O–H groups in total. The number of nitrogens with zero attached hydrogens (tertiary/aromatic N) is 1. The number of nitrogens with two attached hydrogens (primary N) is 2. The summed E-state index contributed by atoms with van der Waals surface area (Å²) in [6, 6.07) is -0.298. The minimum atomic E-state index is -1.38. The Morgan fingerprint density at radius 1 is 1.48 bits per heavy atom. The van der Waals surface area contributed by atoms with E-state index in [-0.39, 0.29) is 47.6 Å². The van der Waals surface area contributed by atoms with Crippen LogP contribution < -0.4 is 16.9 Å². The third kappa shape index (κ3) is 3.42. The van der Waals surface area contributed by atoms with Gasteiger partial charge < -0.3 is 26.6 Å². The second-order valence-corrected chi connectivity index (χ2v) is 6.93. The lowest BCUT2D eigenvalue weighted by Crippen LogP contribution is -2.24. The molecule has 0 radical (unpaired) electrons. The lowest BCUT2D eigenvalue weighted by atomic mass is 9.94. The van der Waals surface area contributed by atoms with Crippen LogP contribution in [0, 0.1) is 18.2 Å². The van der Waals surface area contributed by atoms with E-state index in [1.54, 1.807) is 18.4 Å². The minimum absolute atomic E-state index is 0. The average molecular weight is 397 g/mol. The summed E-state index contributed by atoms with van der Waals surface area (Å²) < 4.78 is 16.6. The van der Waals surface area contributed by atoms with Gasteiger partial charge in [0.05, 0.1) is 16.6 Å². The van der Waals surface area contributed by atoms with E-state index in [0.717, 1.165) is 12.8 Å². The number of fused-ring (bicyclic) bond motifs is 1. The van der Waals surface area contributed by atoms with Gasteiger partial charge in [0.2, 0.25) is 5.43 Å². The molecule has 3 rings (SSSR count). The largest absolute Gasteiger partial charge is 0.477 e. The van der Waals surface area contributed by atoms with Crippen LogP contribution in [0.4, 0.5) is 10.1 Å². The second-order valence-electron chi connectivity index (χ2n) is 6.93. The zero-order chi connectivity index (χ0) is 19.3. The molecule has 146 valence electrons. The van der Waals surface area contributed by atoms with Crippen LogP contribution in [0.3, 0.4) is 0 Å². The van der Waals surface area contributed by atoms with E-state index in [2.05, 4.69) is 0 Å². The molecule has 1 saturated carbocycles. The Hall–Kier alpha value is -2.45. The topological polar surface area (TPSA) is 135 Å². The quantitative estimate of drug-likeness (QED) is 0.455. The van der Waals surface area contributed by atoms with Gasteiger partial charge in [0.1, 0.15) is 5.56 Å². The molecule has 1 aliphatic carbocycles. The first kappa shape index (κ1) is 20.9. The number of carboxylic acids is 1. The number of halogens is 2. The number of aromatic carboxylic acids is 1. The number of carboxylic acid groups (broad SMARTS) is 1. The van der Waals surface area contributed by atoms with Crippen molar-refractivity contribution >= 4 is 40.7 Å². The van der Waals surface area contributed by atoms with Crippen LogP contribution in [0.25, 0.3) is 10.9 Å². The van der Waals surface area contributed by atoms with Crippen molar-refractivity contribution in [3.8, 4) is 0 Å². The van der Waals surface area contributed by atoms with Crippen molar-refractivity contribution in [1.29, 1.82) is 5.41 Å². The van der Waals surface area contributed by atoms with Gasteiger partial charge in [-0.1, -0.05) is 0 Å². The number of rotatable bonds is 5. The van der Waals surface area contributed by atoms with E-state index >= 15 is 0 Å². The number of hydrogen-bond donors (Lipinski definition) is 4. The molecule has 0 spiro atoms. The van der Waals surface area contributed by atoms with Crippen molar-refractivity contribution in [2.24, 2.45) is 5.73 Å². The lowest BCUT2D eigenvalue weighted by Gasteiger charge is -2.20. The second kappa shape index (κ2) is 7.28. The third-order valence-electron chi connectivity index (χ3n) is 4.69. The summed E-state index contributed by atoms with van der Waals surface area (Å²) in [7, 11) is 0. The van der Waals surface area contributed by atoms with Crippen LogP contribution in [0.1, 0.15) is 53.7 Å². The molecule has 0 aliphatic heterocycles. The molecule has 1 heterocycles. The Morgan fingerprint density at radius 3 is 2.56 bits per heavy atom. The van der Waals surface area contributed by atoms with Gasteiger partial charge in [0.15, 0.2) is 5.82 Å². The number of aromatic nitrogens is 1. The standard InChI is InChI=1S/C18H21FN4O3.ClH/c1-7(20)5-11(21)12-8(2)16-13(15(22)14(12)19)17(24)10(18(25)26)6-23(16)9-3-4-9;/h6-7,9,21H,3-5,20,22H2,1-2H3,(H,25,26);1H/t7-;/m0./s1. The number of aryl methyl sites for hydroxylation is 1. The molecule has 1 aromatic carbocycles. The normalized spacial score (nSPS) is 14.7. The molecule has 0 saturated heterocycles. The SMILES string of the molecule is Cc1c(C(=N)C[C@H](C)N)c(F)c(N)c2c(=O)c(C(=O)O)cn(C3CC3)c12.Cl. The van der Waals surface area contributed by atoms with Gasteiger partial charge in [0, 0.05) is 36.0 Å². The highest BCUT2D eigenvalue weighted by Gasteiger charge is 2.30. The smallest absolute Gasteiger partial charge is 0.341 e. The fourth-order valence-corrected chi connectivity index (χ4v) is 3.37. The van der Waals surface area contributed by atoms with E-state index < -0.39 is 28.5 Å². The van der Waals surface area contributed by atoms with E-state index in [1.807, 2.05) is 0 Å². The molecular weight excluding hydrogens is 375 g/mol. The molecule has 27 heavy (non-hydrogen) atoms. The molecule has 0 bridgehead atoms. The van der Waals surface area contributed by atoms with E-state index in [4.69, 9.17) is 16.9 Å². The molecule has 1 aliphatic rings. The molecule has 1 fully saturated rings. The van der Waals surface area contributed by atoms with Crippen molar-refractivity contribution in [3.63, 3.8) is 0 Å². The summed E-state index contributed by atoms with van der Waals surface area (Å²) in [6.07, 6.45) is 3.12. The Balaban J connectivity index is 0.00000261. The molecule has 0 amide bonds. The average Bonchev–Trinajstić information content (AvgIpc) is 3.36. The van der Waals surface area contributed by atoms with Gasteiger partial charge in [0.25, 0.3) is 0 Å². The highest BCUT2D eigenvalue weighted by Crippen LogP contribution is 2.40. The molecule has 2 aromatic rings. The molecular formula is C18H22ClFN4O3. The van der Waals surface area contributed by atoms with Gasteiger partial charge >= 0.3 is 5.97 Å². The Labute approximate surface area is 161 Å². The maximum atomic E-state index is 15.0. The predicted octanol–water partition coefficient (Wildman–Crippen LogP) is 2.59. The molecule has 0 unspecified atom stereocenters. The van der Waals surface area contributed by atoms with Crippen molar-refractivity contribution in [2.45, 2.75) is 45.2 Å². The first-order valence-electron chi connectivity index (χ1n) is 8.38. The van der Waals surface area contributed by atoms with E-state index in [9.17, 15) is 19.1 Å². The lowest BCUT2D eigenvalue weighted by molar-refractivity contribution is 0.0695. The number of pyridine rings is 1. The fraction of sp³-hybridized carbons (Fsp3) is 0.389. The van der Waals surface area contributed by atoms with Crippen LogP contribution >= 0.6 is 12.4 Å². The molecule has 7 nitrogen and oxygen atoms in total. The molecule has 1 atom stereocenters. The monoisotopic (exact) mass is 396 g/mol. The van der Waals surface area contributed by atoms with Crippen LogP contribution in [0.15, 0.2) is 11.0 Å². The van der Waals surface area contributed by atoms with Gasteiger partial charge in [-0.05, 0) is 32.3 Å². The Bertz CT molecular complexity index is 1010. The van der Waals surface area contributed by atoms with E-state index in [1.165, 1.54) is 6.20 Å². The van der Waals surface area contributed by atoms with Gasteiger partial charge in [-0.2, -0.15) is 0 Å². The summed E-state index contributed by atoms with van der Waals surface area (Å²) in [4.78, 5) is 24.1. The van der Waals surface area contributed by atoms with Crippen LogP contribution in [-0.4, -0.2) is 27.4 Å². The summed E-state index contributed by atoms with van der Waals surface area (Å²) in [5.74, 6) is -2.25. The maximum Gasteiger partial charge on any atom is 0.341 e. The Morgan fingerprint density at radius 2 is 2.07 bits per heavy atom. The highest BCUT2D eigenvalue weighted by atomic mass is 35.5. The highest BCUT2D eigenvalue weighted by molar-refractivity contribution is 6.08. The first-order chi connectivity index (χ1) is 12.1. The Kier molecular flexibility index (Phi) is 5.63. The number of carbonyl (C=O) groups is 1. The number of hydrogen-bond acceptors (Lipinski definition) is 5. The summed E-state index contributed by atoms with van der Waals surface area (Å²) >= 11 is 0. The zero-order valence-corrected chi connectivity index (χ0v) is 15.8. The zero-order valence-electron chi connectivity index (χ0n) is 15.0. The fourth-order valence-electron chi connectivity index (χ4n) is 3.37. The van der Waals surface area contributed by atoms with Crippen molar-refractivity contribution in [3.05, 3.63) is 38.9 Å². The maximum absolute atomic E-state index is 15.0. The number of nitrogen functional groups attached to an aromatic ring is 1. The summed E-state index contributed by atoms with van der Waals surface area (Å²) in [6.45, 7) is 3.33. The van der Waals surface area contributed by atoms with Gasteiger partial charge in [-0.3, -0.25) is 4.79 Å². The first-order valence-corrected chi connectivity index (χ1v) is 8.38. The van der Waals surface area contributed by atoms with Crippen LogP contribution in [0.2, 0.25) is 0 Å². The predicted molar refractivity (Wildman–Crippen MR) is 105 cm³/mol. The van der Waals surface area contributed by atoms with Gasteiger partial charge in [-0.15, -0.1) is 12.4 Å². The summed E-state index contributed by atoms with van der Waals surface area (Å²) in [5.41, 5.74) is 10.8. The van der Waals surface area contributed by atoms with E-state index in [0.29, 0.717) is 11.1 Å². The van der Waals surface area contributed by atoms with Crippen molar-refractivity contribution < 1.29 is 14.3 Å². The van der Waals surface area contributed by atoms with Crippen molar-refractivity contribution in [2.75, 3.05) is 5.73 Å². The third-order valence-corrected chi connectivity index (χ3v) is 4.69. The molecule has 1 aromatic heterocycles. The van der Waals surface area contributed by atoms with Crippen molar-refractivity contribution in [1.82, 2.24) is 4.57 Å². The van der Waals surface area contributed by atoms with Crippen LogP contribution in [0.5, 0.6) is 0 Å². The number of anilines is 1. The summed E-state index contributed by atoms with van der Waals surface area (Å²) in [5, 5.41) is 17.4. The minimum Gasteiger partial charge on any atom is -0.477 e. The number of nitrogens with one attached hydrogen (secondary N) is 1. The van der Waals surface area contributed by atoms with Crippen LogP contribution in [-0.2, 0) is 0 Å². The van der Waals surface area contributed by atoms with Gasteiger partial charge in [-0.25, -0.2) is 9.18 Å².